The van der Waals surface area contributed by atoms with Crippen molar-refractivity contribution in [1.29, 1.82) is 0 Å². The molecular weight excluding hydrogens is 313 g/mol. The first-order valence-corrected chi connectivity index (χ1v) is 8.46. The fourth-order valence-electron chi connectivity index (χ4n) is 3.04. The van der Waals surface area contributed by atoms with E-state index in [1.54, 1.807) is 24.3 Å². The summed E-state index contributed by atoms with van der Waals surface area (Å²) in [6.45, 7) is 0. The van der Waals surface area contributed by atoms with Crippen molar-refractivity contribution >= 4 is 21.9 Å². The molecule has 0 spiro atoms. The third-order valence-electron chi connectivity index (χ3n) is 3.98. The monoisotopic (exact) mass is 327 g/mol. The molecule has 1 fully saturated rings. The molecule has 1 aliphatic carbocycles. The Morgan fingerprint density at radius 3 is 2.27 bits per heavy atom. The van der Waals surface area contributed by atoms with Crippen LogP contribution in [0.1, 0.15) is 40.0 Å². The molecule has 2 aliphatic rings. The lowest BCUT2D eigenvalue weighted by Crippen LogP contribution is -2.45. The minimum absolute atomic E-state index is 0.298. The number of halogens is 1. The summed E-state index contributed by atoms with van der Waals surface area (Å²) in [4.78, 5) is 25.9. The Balaban J connectivity index is 1.88. The van der Waals surface area contributed by atoms with Gasteiger partial charge in [0.15, 0.2) is 0 Å². The summed E-state index contributed by atoms with van der Waals surface area (Å²) in [5, 5.41) is 0. The van der Waals surface area contributed by atoms with Crippen molar-refractivity contribution in [3.8, 4) is 0 Å². The molecule has 1 aromatic rings. The van der Waals surface area contributed by atoms with E-state index in [4.69, 9.17) is 4.18 Å². The van der Waals surface area contributed by atoms with Crippen molar-refractivity contribution in [2.45, 2.75) is 31.4 Å². The Labute approximate surface area is 127 Å². The summed E-state index contributed by atoms with van der Waals surface area (Å²) in [7, 11) is -4.28. The SMILES string of the molecule is O=C1c2ccccc2C(=O)N1C1CCCC1OS(=O)(=O)CF. The first-order chi connectivity index (χ1) is 10.4. The van der Waals surface area contributed by atoms with E-state index < -0.39 is 40.1 Å². The third-order valence-corrected chi connectivity index (χ3v) is 4.79. The summed E-state index contributed by atoms with van der Waals surface area (Å²) in [6, 6.07) is 4.11. The molecule has 0 radical (unpaired) electrons. The smallest absolute Gasteiger partial charge is 0.269 e. The normalized spacial score (nSPS) is 24.9. The number of imide groups is 1. The number of nitrogens with zero attached hydrogens (tertiary/aromatic N) is 1. The second-order valence-corrected chi connectivity index (χ2v) is 6.85. The van der Waals surface area contributed by atoms with Gasteiger partial charge in [-0.25, -0.2) is 4.39 Å². The average Bonchev–Trinajstić information content (AvgIpc) is 3.03. The number of benzene rings is 1. The summed E-state index contributed by atoms with van der Waals surface area (Å²) >= 11 is 0. The van der Waals surface area contributed by atoms with Crippen molar-refractivity contribution in [2.75, 3.05) is 6.01 Å². The molecule has 1 saturated carbocycles. The van der Waals surface area contributed by atoms with Gasteiger partial charge >= 0.3 is 0 Å². The van der Waals surface area contributed by atoms with Gasteiger partial charge in [0.05, 0.1) is 23.3 Å². The van der Waals surface area contributed by atoms with Crippen molar-refractivity contribution in [3.05, 3.63) is 35.4 Å². The summed E-state index contributed by atoms with van der Waals surface area (Å²) in [6.07, 6.45) is 0.516. The van der Waals surface area contributed by atoms with Gasteiger partial charge in [0, 0.05) is 0 Å². The summed E-state index contributed by atoms with van der Waals surface area (Å²) in [5.41, 5.74) is 0.595. The fraction of sp³-hybridized carbons (Fsp3) is 0.429. The predicted molar refractivity (Wildman–Crippen MR) is 74.3 cm³/mol. The maximum atomic E-state index is 12.4. The molecule has 2 atom stereocenters. The van der Waals surface area contributed by atoms with Gasteiger partial charge in [0.2, 0.25) is 6.01 Å². The van der Waals surface area contributed by atoms with E-state index in [-0.39, 0.29) is 0 Å². The Hall–Kier alpha value is -1.80. The van der Waals surface area contributed by atoms with Crippen LogP contribution in [0, 0.1) is 0 Å². The number of hydrogen-bond acceptors (Lipinski definition) is 5. The standard InChI is InChI=1S/C14H14FNO5S/c15-8-22(19,20)21-12-7-3-6-11(12)16-13(17)9-4-1-2-5-10(9)14(16)18/h1-2,4-5,11-12H,3,6-8H2. The number of alkyl halides is 1. The Bertz CT molecular complexity index is 698. The van der Waals surface area contributed by atoms with Crippen LogP contribution in [-0.2, 0) is 14.3 Å². The minimum Gasteiger partial charge on any atom is -0.269 e. The molecule has 6 nitrogen and oxygen atoms in total. The van der Waals surface area contributed by atoms with Gasteiger partial charge in [0.25, 0.3) is 21.9 Å². The minimum atomic E-state index is -4.28. The molecule has 1 heterocycles. The van der Waals surface area contributed by atoms with E-state index >= 15 is 0 Å². The molecule has 0 N–H and O–H groups in total. The number of rotatable bonds is 4. The lowest BCUT2D eigenvalue weighted by Gasteiger charge is -2.27. The van der Waals surface area contributed by atoms with Crippen LogP contribution in [0.15, 0.2) is 24.3 Å². The van der Waals surface area contributed by atoms with Crippen molar-refractivity contribution in [3.63, 3.8) is 0 Å². The first kappa shape index (κ1) is 15.1. The summed E-state index contributed by atoms with van der Waals surface area (Å²) in [5.74, 6) is -0.919. The maximum absolute atomic E-state index is 12.4. The van der Waals surface area contributed by atoms with Crippen LogP contribution in [0.2, 0.25) is 0 Å². The van der Waals surface area contributed by atoms with Crippen LogP contribution in [-0.4, -0.2) is 43.3 Å². The van der Waals surface area contributed by atoms with E-state index in [0.29, 0.717) is 30.4 Å². The van der Waals surface area contributed by atoms with Gasteiger partial charge < -0.3 is 0 Å². The number of carbonyl (C=O) groups is 2. The van der Waals surface area contributed by atoms with Crippen LogP contribution >= 0.6 is 0 Å². The molecule has 3 rings (SSSR count). The van der Waals surface area contributed by atoms with Gasteiger partial charge in [-0.15, -0.1) is 0 Å². The summed E-state index contributed by atoms with van der Waals surface area (Å²) < 4.78 is 39.9. The zero-order valence-corrected chi connectivity index (χ0v) is 12.4. The van der Waals surface area contributed by atoms with Gasteiger partial charge in [-0.05, 0) is 31.4 Å². The highest BCUT2D eigenvalue weighted by Crippen LogP contribution is 2.34. The molecule has 1 aliphatic heterocycles. The highest BCUT2D eigenvalue weighted by molar-refractivity contribution is 7.86. The molecule has 0 aromatic heterocycles. The van der Waals surface area contributed by atoms with Gasteiger partial charge in [-0.1, -0.05) is 12.1 Å². The largest absolute Gasteiger partial charge is 0.297 e. The zero-order valence-electron chi connectivity index (χ0n) is 11.6. The molecule has 0 saturated heterocycles. The molecule has 0 bridgehead atoms. The highest BCUT2D eigenvalue weighted by atomic mass is 32.2. The number of hydrogen-bond donors (Lipinski definition) is 0. The highest BCUT2D eigenvalue weighted by Gasteiger charge is 2.45. The van der Waals surface area contributed by atoms with Crippen LogP contribution < -0.4 is 0 Å². The Kier molecular flexibility index (Phi) is 3.73. The molecular formula is C14H14FNO5S. The fourth-order valence-corrected chi connectivity index (χ4v) is 3.69. The van der Waals surface area contributed by atoms with Crippen LogP contribution in [0.5, 0.6) is 0 Å². The number of carbonyl (C=O) groups excluding carboxylic acids is 2. The predicted octanol–water partition coefficient (Wildman–Crippen LogP) is 1.48. The van der Waals surface area contributed by atoms with E-state index in [1.807, 2.05) is 0 Å². The lowest BCUT2D eigenvalue weighted by molar-refractivity contribution is 0.0463. The Morgan fingerprint density at radius 1 is 1.14 bits per heavy atom. The third kappa shape index (κ3) is 2.42. The van der Waals surface area contributed by atoms with E-state index in [0.717, 1.165) is 4.90 Å². The topological polar surface area (TPSA) is 80.8 Å². The van der Waals surface area contributed by atoms with Crippen molar-refractivity contribution < 1.29 is 26.6 Å². The first-order valence-electron chi connectivity index (χ1n) is 6.88. The van der Waals surface area contributed by atoms with Gasteiger partial charge in [0.1, 0.15) is 0 Å². The molecule has 118 valence electrons. The zero-order chi connectivity index (χ0) is 15.9. The van der Waals surface area contributed by atoms with E-state index in [1.165, 1.54) is 0 Å². The van der Waals surface area contributed by atoms with Gasteiger partial charge in [-0.2, -0.15) is 8.42 Å². The van der Waals surface area contributed by atoms with Gasteiger partial charge in [-0.3, -0.25) is 18.7 Å². The number of fused-ring (bicyclic) bond motifs is 1. The van der Waals surface area contributed by atoms with Crippen molar-refractivity contribution in [2.24, 2.45) is 0 Å². The number of amides is 2. The lowest BCUT2D eigenvalue weighted by atomic mass is 10.1. The maximum Gasteiger partial charge on any atom is 0.297 e. The molecule has 2 amide bonds. The van der Waals surface area contributed by atoms with E-state index in [9.17, 15) is 22.4 Å². The second-order valence-electron chi connectivity index (χ2n) is 5.33. The Morgan fingerprint density at radius 2 is 1.73 bits per heavy atom. The quantitative estimate of drug-likeness (QED) is 0.618. The van der Waals surface area contributed by atoms with Crippen LogP contribution in [0.4, 0.5) is 4.39 Å². The molecule has 1 aromatic carbocycles. The van der Waals surface area contributed by atoms with Crippen LogP contribution in [0.3, 0.4) is 0 Å². The second kappa shape index (κ2) is 5.44. The molecule has 8 heteroatoms. The molecule has 22 heavy (non-hydrogen) atoms. The van der Waals surface area contributed by atoms with Crippen molar-refractivity contribution in [1.82, 2.24) is 4.90 Å². The average molecular weight is 327 g/mol. The van der Waals surface area contributed by atoms with E-state index in [2.05, 4.69) is 0 Å². The molecule has 2 unspecified atom stereocenters. The van der Waals surface area contributed by atoms with Crippen LogP contribution in [0.25, 0.3) is 0 Å².